The Morgan fingerprint density at radius 2 is 1.74 bits per heavy atom. The molecule has 3 rings (SSSR count). The van der Waals surface area contributed by atoms with Crippen LogP contribution in [-0.4, -0.2) is 40.3 Å². The van der Waals surface area contributed by atoms with Crippen molar-refractivity contribution in [3.8, 4) is 0 Å². The number of sulfone groups is 1. The van der Waals surface area contributed by atoms with Crippen molar-refractivity contribution >= 4 is 31.5 Å². The average molecular weight is 409 g/mol. The van der Waals surface area contributed by atoms with Crippen LogP contribution in [0.5, 0.6) is 0 Å². The Balaban J connectivity index is 1.71. The summed E-state index contributed by atoms with van der Waals surface area (Å²) >= 11 is 0. The summed E-state index contributed by atoms with van der Waals surface area (Å²) in [4.78, 5) is 12.3. The molecule has 0 bridgehead atoms. The molecule has 1 saturated heterocycles. The number of sulfonamides is 1. The van der Waals surface area contributed by atoms with Crippen LogP contribution in [-0.2, 0) is 19.9 Å². The lowest BCUT2D eigenvalue weighted by Crippen LogP contribution is -2.35. The molecule has 2 N–H and O–H groups in total. The number of carbonyl (C=O) groups is 1. The van der Waals surface area contributed by atoms with Gasteiger partial charge in [-0.3, -0.25) is 4.79 Å². The zero-order chi connectivity index (χ0) is 19.7. The summed E-state index contributed by atoms with van der Waals surface area (Å²) < 4.78 is 50.2. The molecule has 144 valence electrons. The third-order valence-corrected chi connectivity index (χ3v) is 7.68. The number of nitrogens with one attached hydrogen (secondary N) is 2. The first-order chi connectivity index (χ1) is 12.7. The van der Waals surface area contributed by atoms with E-state index in [2.05, 4.69) is 10.0 Å². The van der Waals surface area contributed by atoms with Crippen LogP contribution >= 0.6 is 0 Å². The lowest BCUT2D eigenvalue weighted by atomic mass is 10.1. The molecule has 7 nitrogen and oxygen atoms in total. The quantitative estimate of drug-likeness (QED) is 0.783. The molecule has 0 radical (unpaired) electrons. The maximum atomic E-state index is 12.4. The predicted octanol–water partition coefficient (Wildman–Crippen LogP) is 1.71. The van der Waals surface area contributed by atoms with Gasteiger partial charge in [0.2, 0.25) is 10.0 Å². The third kappa shape index (κ3) is 4.74. The molecule has 1 atom stereocenters. The maximum absolute atomic E-state index is 12.4. The van der Waals surface area contributed by atoms with Crippen molar-refractivity contribution in [2.75, 3.05) is 16.8 Å². The summed E-state index contributed by atoms with van der Waals surface area (Å²) in [6, 6.07) is 12.2. The first kappa shape index (κ1) is 19.5. The molecule has 9 heteroatoms. The second-order valence-electron chi connectivity index (χ2n) is 6.51. The van der Waals surface area contributed by atoms with Crippen LogP contribution in [0.1, 0.15) is 22.3 Å². The first-order valence-electron chi connectivity index (χ1n) is 8.36. The Labute approximate surface area is 158 Å². The van der Waals surface area contributed by atoms with Crippen molar-refractivity contribution in [1.82, 2.24) is 4.72 Å². The molecule has 1 aliphatic rings. The minimum absolute atomic E-state index is 0.0146. The monoisotopic (exact) mass is 408 g/mol. The van der Waals surface area contributed by atoms with Crippen LogP contribution < -0.4 is 10.0 Å². The van der Waals surface area contributed by atoms with E-state index in [0.717, 1.165) is 5.56 Å². The van der Waals surface area contributed by atoms with Gasteiger partial charge in [-0.25, -0.2) is 21.6 Å². The number of amides is 1. The molecule has 1 fully saturated rings. The van der Waals surface area contributed by atoms with Gasteiger partial charge in [0.15, 0.2) is 9.84 Å². The Bertz CT molecular complexity index is 1060. The Kier molecular flexibility index (Phi) is 5.36. The van der Waals surface area contributed by atoms with Gasteiger partial charge in [-0.1, -0.05) is 18.2 Å². The largest absolute Gasteiger partial charge is 0.322 e. The van der Waals surface area contributed by atoms with Crippen molar-refractivity contribution in [3.05, 3.63) is 59.7 Å². The zero-order valence-corrected chi connectivity index (χ0v) is 16.3. The maximum Gasteiger partial charge on any atom is 0.255 e. The van der Waals surface area contributed by atoms with Gasteiger partial charge in [-0.2, -0.15) is 0 Å². The van der Waals surface area contributed by atoms with Crippen molar-refractivity contribution < 1.29 is 21.6 Å². The summed E-state index contributed by atoms with van der Waals surface area (Å²) in [5, 5.41) is 2.78. The highest BCUT2D eigenvalue weighted by molar-refractivity contribution is 7.92. The van der Waals surface area contributed by atoms with Crippen molar-refractivity contribution in [2.45, 2.75) is 24.3 Å². The SMILES string of the molecule is Cc1ccccc1NC(=O)c1ccc(S(=O)(=O)NC2CCS(=O)(=O)C2)cc1. The van der Waals surface area contributed by atoms with Crippen LogP contribution in [0, 0.1) is 6.92 Å². The summed E-state index contributed by atoms with van der Waals surface area (Å²) in [7, 11) is -7.03. The van der Waals surface area contributed by atoms with Crippen LogP contribution in [0.4, 0.5) is 5.69 Å². The van der Waals surface area contributed by atoms with Gasteiger partial charge in [0.25, 0.3) is 5.91 Å². The van der Waals surface area contributed by atoms with E-state index in [-0.39, 0.29) is 28.7 Å². The van der Waals surface area contributed by atoms with Gasteiger partial charge < -0.3 is 5.32 Å². The highest BCUT2D eigenvalue weighted by Crippen LogP contribution is 2.18. The fourth-order valence-corrected chi connectivity index (χ4v) is 5.92. The number of aryl methyl sites for hydroxylation is 1. The van der Waals surface area contributed by atoms with Gasteiger partial charge >= 0.3 is 0 Å². The zero-order valence-electron chi connectivity index (χ0n) is 14.7. The van der Waals surface area contributed by atoms with E-state index < -0.39 is 25.9 Å². The minimum Gasteiger partial charge on any atom is -0.322 e. The first-order valence-corrected chi connectivity index (χ1v) is 11.7. The van der Waals surface area contributed by atoms with Crippen LogP contribution in [0.3, 0.4) is 0 Å². The molecular formula is C18H20N2O5S2. The third-order valence-electron chi connectivity index (χ3n) is 4.37. The van der Waals surface area contributed by atoms with E-state index in [0.29, 0.717) is 11.3 Å². The molecule has 0 spiro atoms. The van der Waals surface area contributed by atoms with Crippen LogP contribution in [0.25, 0.3) is 0 Å². The van der Waals surface area contributed by atoms with E-state index in [9.17, 15) is 21.6 Å². The Morgan fingerprint density at radius 3 is 2.33 bits per heavy atom. The number of para-hydroxylation sites is 1. The average Bonchev–Trinajstić information content (AvgIpc) is 2.95. The highest BCUT2D eigenvalue weighted by atomic mass is 32.2. The lowest BCUT2D eigenvalue weighted by molar-refractivity contribution is 0.102. The molecule has 0 saturated carbocycles. The predicted molar refractivity (Wildman–Crippen MR) is 103 cm³/mol. The fraction of sp³-hybridized carbons (Fsp3) is 0.278. The van der Waals surface area contributed by atoms with Gasteiger partial charge in [0, 0.05) is 17.3 Å². The van der Waals surface area contributed by atoms with E-state index in [1.807, 2.05) is 25.1 Å². The molecule has 2 aromatic rings. The van der Waals surface area contributed by atoms with Crippen molar-refractivity contribution in [2.24, 2.45) is 0 Å². The second-order valence-corrected chi connectivity index (χ2v) is 10.5. The summed E-state index contributed by atoms with van der Waals surface area (Å²) in [6.07, 6.45) is 0.262. The molecule has 27 heavy (non-hydrogen) atoms. The lowest BCUT2D eigenvalue weighted by Gasteiger charge is -2.12. The Morgan fingerprint density at radius 1 is 1.07 bits per heavy atom. The fourth-order valence-electron chi connectivity index (χ4n) is 2.87. The molecule has 1 unspecified atom stereocenters. The molecular weight excluding hydrogens is 388 g/mol. The second kappa shape index (κ2) is 7.41. The van der Waals surface area contributed by atoms with Gasteiger partial charge in [0.1, 0.15) is 0 Å². The van der Waals surface area contributed by atoms with E-state index in [1.54, 1.807) is 6.07 Å². The van der Waals surface area contributed by atoms with Gasteiger partial charge in [-0.05, 0) is 49.2 Å². The molecule has 2 aromatic carbocycles. The highest BCUT2D eigenvalue weighted by Gasteiger charge is 2.31. The normalized spacial score (nSPS) is 18.9. The van der Waals surface area contributed by atoms with E-state index in [1.165, 1.54) is 24.3 Å². The standard InChI is InChI=1S/C18H20N2O5S2/c1-13-4-2-3-5-17(13)19-18(21)14-6-8-16(9-7-14)27(24,25)20-15-10-11-26(22,23)12-15/h2-9,15,20H,10-12H2,1H3,(H,19,21). The number of benzene rings is 2. The van der Waals surface area contributed by atoms with Crippen LogP contribution in [0.15, 0.2) is 53.4 Å². The van der Waals surface area contributed by atoms with E-state index in [4.69, 9.17) is 0 Å². The number of anilines is 1. The summed E-state index contributed by atoms with van der Waals surface area (Å²) in [5.41, 5.74) is 1.92. The van der Waals surface area contributed by atoms with E-state index >= 15 is 0 Å². The minimum atomic E-state index is -3.85. The molecule has 1 heterocycles. The summed E-state index contributed by atoms with van der Waals surface area (Å²) in [6.45, 7) is 1.88. The van der Waals surface area contributed by atoms with Crippen molar-refractivity contribution in [3.63, 3.8) is 0 Å². The number of hydrogen-bond acceptors (Lipinski definition) is 5. The number of carbonyl (C=O) groups excluding carboxylic acids is 1. The summed E-state index contributed by atoms with van der Waals surface area (Å²) in [5.74, 6) is -0.551. The van der Waals surface area contributed by atoms with Gasteiger partial charge in [0.05, 0.1) is 16.4 Å². The number of rotatable bonds is 5. The van der Waals surface area contributed by atoms with Crippen LogP contribution in [0.2, 0.25) is 0 Å². The number of hydrogen-bond donors (Lipinski definition) is 2. The molecule has 0 aromatic heterocycles. The van der Waals surface area contributed by atoms with Gasteiger partial charge in [-0.15, -0.1) is 0 Å². The topological polar surface area (TPSA) is 109 Å². The Hall–Kier alpha value is -2.23. The molecule has 1 aliphatic heterocycles. The smallest absolute Gasteiger partial charge is 0.255 e. The molecule has 0 aliphatic carbocycles. The molecule has 1 amide bonds. The van der Waals surface area contributed by atoms with Crippen molar-refractivity contribution in [1.29, 1.82) is 0 Å².